The van der Waals surface area contributed by atoms with Gasteiger partial charge in [0.15, 0.2) is 0 Å². The second kappa shape index (κ2) is 13.6. The van der Waals surface area contributed by atoms with E-state index >= 15 is 0 Å². The summed E-state index contributed by atoms with van der Waals surface area (Å²) in [4.78, 5) is 15.8. The van der Waals surface area contributed by atoms with E-state index in [1.807, 2.05) is 36.4 Å². The van der Waals surface area contributed by atoms with E-state index in [0.29, 0.717) is 0 Å². The Balaban J connectivity index is 1.15. The van der Waals surface area contributed by atoms with Crippen LogP contribution in [0, 0.1) is 5.92 Å². The van der Waals surface area contributed by atoms with Gasteiger partial charge in [0.1, 0.15) is 5.41 Å². The van der Waals surface area contributed by atoms with Crippen LogP contribution in [0.2, 0.25) is 0 Å². The van der Waals surface area contributed by atoms with Crippen molar-refractivity contribution in [3.05, 3.63) is 143 Å². The van der Waals surface area contributed by atoms with Crippen molar-refractivity contribution in [2.24, 2.45) is 11.7 Å². The first-order valence-electron chi connectivity index (χ1n) is 14.6. The van der Waals surface area contributed by atoms with Crippen LogP contribution in [0.15, 0.2) is 115 Å². The van der Waals surface area contributed by atoms with E-state index in [2.05, 4.69) is 89.1 Å². The maximum Gasteiger partial charge on any atom is 0.232 e. The van der Waals surface area contributed by atoms with Crippen LogP contribution < -0.4 is 11.1 Å². The van der Waals surface area contributed by atoms with Gasteiger partial charge < -0.3 is 16.0 Å². The van der Waals surface area contributed by atoms with Crippen LogP contribution in [0.1, 0.15) is 34.2 Å². The van der Waals surface area contributed by atoms with Gasteiger partial charge in [0, 0.05) is 13.1 Å². The molecule has 1 atom stereocenters. The van der Waals surface area contributed by atoms with Crippen molar-refractivity contribution in [1.29, 1.82) is 0 Å². The van der Waals surface area contributed by atoms with Gasteiger partial charge in [0.2, 0.25) is 5.91 Å². The van der Waals surface area contributed by atoms with Gasteiger partial charge >= 0.3 is 0 Å². The van der Waals surface area contributed by atoms with Gasteiger partial charge in [-0.3, -0.25) is 4.79 Å². The molecule has 0 bridgehead atoms. The highest BCUT2D eigenvalue weighted by atomic mass is 16.1. The molecule has 0 aliphatic carbocycles. The molecule has 4 nitrogen and oxygen atoms in total. The normalized spacial score (nSPS) is 15.8. The van der Waals surface area contributed by atoms with Crippen LogP contribution in [0.3, 0.4) is 0 Å². The number of benzene rings is 4. The van der Waals surface area contributed by atoms with Gasteiger partial charge in [-0.2, -0.15) is 0 Å². The van der Waals surface area contributed by atoms with Crippen molar-refractivity contribution in [2.45, 2.75) is 31.1 Å². The number of rotatable bonds is 13. The molecule has 5 rings (SSSR count). The predicted octanol–water partition coefficient (Wildman–Crippen LogP) is 5.40. The van der Waals surface area contributed by atoms with Crippen molar-refractivity contribution in [3.63, 3.8) is 0 Å². The lowest BCUT2D eigenvalue weighted by Crippen LogP contribution is -2.49. The zero-order valence-corrected chi connectivity index (χ0v) is 23.3. The Kier molecular flexibility index (Phi) is 9.43. The number of carbonyl (C=O) groups excluding carboxylic acids is 1. The van der Waals surface area contributed by atoms with E-state index in [9.17, 15) is 4.79 Å². The number of nitrogens with one attached hydrogen (secondary N) is 1. The van der Waals surface area contributed by atoms with Crippen molar-refractivity contribution in [1.82, 2.24) is 10.2 Å². The number of amides is 1. The second-order valence-electron chi connectivity index (χ2n) is 11.0. The highest BCUT2D eigenvalue weighted by molar-refractivity contribution is 5.91. The zero-order valence-electron chi connectivity index (χ0n) is 23.3. The number of hydrogen-bond donors (Lipinski definition) is 2. The molecule has 0 saturated carbocycles. The number of nitrogens with two attached hydrogens (primary N) is 1. The molecule has 0 radical (unpaired) electrons. The molecule has 1 aliphatic rings. The number of likely N-dealkylation sites (tertiary alicyclic amines) is 1. The fraction of sp³-hybridized carbons (Fsp3) is 0.306. The molecular formula is C36H41N3O. The Morgan fingerprint density at radius 2 is 1.18 bits per heavy atom. The molecule has 1 aliphatic heterocycles. The third-order valence-electron chi connectivity index (χ3n) is 8.50. The first-order valence-corrected chi connectivity index (χ1v) is 14.6. The summed E-state index contributed by atoms with van der Waals surface area (Å²) < 4.78 is 0. The molecule has 0 aromatic heterocycles. The molecular weight excluding hydrogens is 490 g/mol. The maximum absolute atomic E-state index is 13.3. The molecule has 3 N–H and O–H groups in total. The molecule has 4 heteroatoms. The summed E-state index contributed by atoms with van der Waals surface area (Å²) >= 11 is 0. The molecule has 1 fully saturated rings. The van der Waals surface area contributed by atoms with E-state index in [4.69, 9.17) is 5.73 Å². The zero-order chi connectivity index (χ0) is 27.6. The lowest BCUT2D eigenvalue weighted by Gasteiger charge is -2.37. The van der Waals surface area contributed by atoms with Gasteiger partial charge in [-0.15, -0.1) is 0 Å². The molecule has 1 unspecified atom stereocenters. The third-order valence-corrected chi connectivity index (χ3v) is 8.50. The van der Waals surface area contributed by atoms with E-state index in [-0.39, 0.29) is 11.8 Å². The maximum atomic E-state index is 13.3. The standard InChI is InChI=1S/C36H41N3O/c37-35(40)36(32-12-6-2-7-13-32,33-14-8-3-9-15-33)34-23-27-39(28-34)26-22-31-18-16-30(17-19-31)21-25-38-24-20-29-10-4-1-5-11-29/h1-19,34,38H,20-28H2,(H2,37,40). The van der Waals surface area contributed by atoms with Gasteiger partial charge in [-0.05, 0) is 79.1 Å². The smallest absolute Gasteiger partial charge is 0.232 e. The van der Waals surface area contributed by atoms with Gasteiger partial charge in [-0.25, -0.2) is 0 Å². The second-order valence-corrected chi connectivity index (χ2v) is 11.0. The van der Waals surface area contributed by atoms with E-state index < -0.39 is 5.41 Å². The lowest BCUT2D eigenvalue weighted by atomic mass is 9.64. The highest BCUT2D eigenvalue weighted by Gasteiger charge is 2.49. The summed E-state index contributed by atoms with van der Waals surface area (Å²) in [6.07, 6.45) is 4.05. The Hall–Kier alpha value is -3.73. The molecule has 1 saturated heterocycles. The number of hydrogen-bond acceptors (Lipinski definition) is 3. The molecule has 4 aromatic rings. The van der Waals surface area contributed by atoms with Crippen molar-refractivity contribution < 1.29 is 4.79 Å². The lowest BCUT2D eigenvalue weighted by molar-refractivity contribution is -0.123. The van der Waals surface area contributed by atoms with Crippen molar-refractivity contribution >= 4 is 5.91 Å². The molecule has 1 heterocycles. The van der Waals surface area contributed by atoms with Crippen molar-refractivity contribution in [3.8, 4) is 0 Å². The average molecular weight is 532 g/mol. The number of primary amides is 1. The van der Waals surface area contributed by atoms with Crippen LogP contribution in [0.4, 0.5) is 0 Å². The minimum Gasteiger partial charge on any atom is -0.369 e. The van der Waals surface area contributed by atoms with Crippen LogP contribution in [-0.4, -0.2) is 43.5 Å². The average Bonchev–Trinajstić information content (AvgIpc) is 3.47. The summed E-state index contributed by atoms with van der Waals surface area (Å²) in [7, 11) is 0. The quantitative estimate of drug-likeness (QED) is 0.227. The van der Waals surface area contributed by atoms with E-state index in [1.54, 1.807) is 0 Å². The fourth-order valence-electron chi connectivity index (χ4n) is 6.31. The van der Waals surface area contributed by atoms with Gasteiger partial charge in [-0.1, -0.05) is 115 Å². The third kappa shape index (κ3) is 6.52. The summed E-state index contributed by atoms with van der Waals surface area (Å²) in [6.45, 7) is 4.82. The number of carbonyl (C=O) groups is 1. The molecule has 1 amide bonds. The monoisotopic (exact) mass is 531 g/mol. The largest absolute Gasteiger partial charge is 0.369 e. The van der Waals surface area contributed by atoms with Crippen LogP contribution in [-0.2, 0) is 29.5 Å². The molecule has 40 heavy (non-hydrogen) atoms. The topological polar surface area (TPSA) is 58.4 Å². The Labute approximate surface area is 239 Å². The van der Waals surface area contributed by atoms with E-state index in [0.717, 1.165) is 69.5 Å². The summed E-state index contributed by atoms with van der Waals surface area (Å²) in [5.41, 5.74) is 11.5. The number of nitrogens with zero attached hydrogens (tertiary/aromatic N) is 1. The summed E-state index contributed by atoms with van der Waals surface area (Å²) in [5, 5.41) is 3.57. The SMILES string of the molecule is NC(=O)C(c1ccccc1)(c1ccccc1)C1CCN(CCc2ccc(CCNCCc3ccccc3)cc2)C1. The van der Waals surface area contributed by atoms with Crippen molar-refractivity contribution in [2.75, 3.05) is 32.7 Å². The Morgan fingerprint density at radius 1 is 0.700 bits per heavy atom. The molecule has 0 spiro atoms. The van der Waals surface area contributed by atoms with Crippen LogP contribution in [0.25, 0.3) is 0 Å². The minimum absolute atomic E-state index is 0.131. The van der Waals surface area contributed by atoms with Crippen LogP contribution >= 0.6 is 0 Å². The molecule has 206 valence electrons. The fourth-order valence-corrected chi connectivity index (χ4v) is 6.31. The Bertz CT molecular complexity index is 1280. The summed E-state index contributed by atoms with van der Waals surface area (Å²) in [6, 6.07) is 40.0. The predicted molar refractivity (Wildman–Crippen MR) is 164 cm³/mol. The molecule has 4 aromatic carbocycles. The minimum atomic E-state index is -0.825. The van der Waals surface area contributed by atoms with E-state index in [1.165, 1.54) is 16.7 Å². The highest BCUT2D eigenvalue weighted by Crippen LogP contribution is 2.43. The first-order chi connectivity index (χ1) is 19.7. The van der Waals surface area contributed by atoms with Gasteiger partial charge in [0.25, 0.3) is 0 Å². The van der Waals surface area contributed by atoms with Gasteiger partial charge in [0.05, 0.1) is 0 Å². The van der Waals surface area contributed by atoms with Crippen LogP contribution in [0.5, 0.6) is 0 Å². The first kappa shape index (κ1) is 27.8. The Morgan fingerprint density at radius 3 is 1.70 bits per heavy atom. The summed E-state index contributed by atoms with van der Waals surface area (Å²) in [5.74, 6) is -0.131.